The lowest BCUT2D eigenvalue weighted by Crippen LogP contribution is -2.62. The summed E-state index contributed by atoms with van der Waals surface area (Å²) in [5.41, 5.74) is 10.0. The van der Waals surface area contributed by atoms with Crippen molar-refractivity contribution in [1.29, 1.82) is 0 Å². The second kappa shape index (κ2) is 3.08. The third-order valence-corrected chi connectivity index (χ3v) is 2.14. The van der Waals surface area contributed by atoms with Crippen molar-refractivity contribution in [2.45, 2.75) is 18.4 Å². The molecule has 1 aromatic rings. The van der Waals surface area contributed by atoms with Gasteiger partial charge < -0.3 is 15.9 Å². The average Bonchev–Trinajstić information content (AvgIpc) is 2.04. The van der Waals surface area contributed by atoms with Crippen LogP contribution in [0.2, 0.25) is 0 Å². The Balaban J connectivity index is 3.08. The molecule has 1 aromatic carbocycles. The minimum absolute atomic E-state index is 0.572. The van der Waals surface area contributed by atoms with E-state index in [-0.39, 0.29) is 0 Å². The molecule has 0 spiro atoms. The molecule has 6 N–H and O–H groups in total. The van der Waals surface area contributed by atoms with Crippen molar-refractivity contribution >= 4 is 0 Å². The van der Waals surface area contributed by atoms with E-state index in [1.54, 1.807) is 24.3 Å². The van der Waals surface area contributed by atoms with Gasteiger partial charge in [0.2, 0.25) is 5.91 Å². The zero-order valence-corrected chi connectivity index (χ0v) is 7.44. The minimum Gasteiger partial charge on any atom is -0.352 e. The topological polar surface area (TPSA) is 92.5 Å². The second-order valence-electron chi connectivity index (χ2n) is 3.29. The molecule has 1 unspecified atom stereocenters. The highest BCUT2D eigenvalue weighted by atomic mass is 16.5. The fourth-order valence-electron chi connectivity index (χ4n) is 0.997. The lowest BCUT2D eigenvalue weighted by Gasteiger charge is -2.34. The fraction of sp³-hybridized carbons (Fsp3) is 0.333. The van der Waals surface area contributed by atoms with Gasteiger partial charge in [-0.15, -0.1) is 0 Å². The fourth-order valence-corrected chi connectivity index (χ4v) is 0.997. The highest BCUT2D eigenvalue weighted by Crippen LogP contribution is 2.24. The molecule has 13 heavy (non-hydrogen) atoms. The highest BCUT2D eigenvalue weighted by Gasteiger charge is 2.40. The largest absolute Gasteiger partial charge is 0.352 e. The second-order valence-corrected chi connectivity index (χ2v) is 3.29. The van der Waals surface area contributed by atoms with E-state index in [0.717, 1.165) is 0 Å². The van der Waals surface area contributed by atoms with E-state index in [4.69, 9.17) is 11.5 Å². The maximum Gasteiger partial charge on any atom is 0.242 e. The summed E-state index contributed by atoms with van der Waals surface area (Å²) < 4.78 is 0. The van der Waals surface area contributed by atoms with Crippen LogP contribution in [0.3, 0.4) is 0 Å². The van der Waals surface area contributed by atoms with E-state index in [2.05, 4.69) is 0 Å². The molecule has 0 saturated heterocycles. The van der Waals surface area contributed by atoms with Crippen molar-refractivity contribution in [3.05, 3.63) is 35.9 Å². The van der Waals surface area contributed by atoms with Gasteiger partial charge in [-0.05, 0) is 12.5 Å². The molecule has 0 saturated carbocycles. The SMILES string of the molecule is CC(N)(c1ccccc1)C(N)(O)O. The first-order valence-corrected chi connectivity index (χ1v) is 3.94. The smallest absolute Gasteiger partial charge is 0.242 e. The van der Waals surface area contributed by atoms with Crippen molar-refractivity contribution < 1.29 is 10.2 Å². The van der Waals surface area contributed by atoms with Gasteiger partial charge in [0.15, 0.2) is 0 Å². The molecule has 0 amide bonds. The Morgan fingerprint density at radius 1 is 1.08 bits per heavy atom. The predicted octanol–water partition coefficient (Wildman–Crippen LogP) is -0.542. The van der Waals surface area contributed by atoms with Crippen LogP contribution in [0, 0.1) is 0 Å². The molecule has 4 heteroatoms. The Hall–Kier alpha value is -0.940. The maximum atomic E-state index is 9.21. The summed E-state index contributed by atoms with van der Waals surface area (Å²) in [6.07, 6.45) is 0. The molecule has 72 valence electrons. The van der Waals surface area contributed by atoms with Crippen molar-refractivity contribution in [2.75, 3.05) is 0 Å². The first kappa shape index (κ1) is 10.1. The molecule has 0 aliphatic carbocycles. The van der Waals surface area contributed by atoms with Crippen LogP contribution in [0.1, 0.15) is 12.5 Å². The molecule has 4 nitrogen and oxygen atoms in total. The number of rotatable bonds is 2. The Labute approximate surface area is 76.8 Å². The molecule has 0 fully saturated rings. The zero-order valence-electron chi connectivity index (χ0n) is 7.44. The predicted molar refractivity (Wildman–Crippen MR) is 49.3 cm³/mol. The number of benzene rings is 1. The third-order valence-electron chi connectivity index (χ3n) is 2.14. The van der Waals surface area contributed by atoms with E-state index < -0.39 is 11.4 Å². The molecule has 1 atom stereocenters. The Morgan fingerprint density at radius 3 is 1.92 bits per heavy atom. The summed E-state index contributed by atoms with van der Waals surface area (Å²) in [4.78, 5) is 0. The molecule has 0 aromatic heterocycles. The summed E-state index contributed by atoms with van der Waals surface area (Å²) in [6, 6.07) is 8.70. The van der Waals surface area contributed by atoms with Crippen LogP contribution in [0.4, 0.5) is 0 Å². The first-order valence-electron chi connectivity index (χ1n) is 3.94. The van der Waals surface area contributed by atoms with Crippen molar-refractivity contribution in [2.24, 2.45) is 11.5 Å². The number of aliphatic hydroxyl groups is 2. The molecule has 0 aliphatic heterocycles. The van der Waals surface area contributed by atoms with Gasteiger partial charge in [0.25, 0.3) is 0 Å². The maximum absolute atomic E-state index is 9.21. The van der Waals surface area contributed by atoms with E-state index in [1.807, 2.05) is 6.07 Å². The quantitative estimate of drug-likeness (QED) is 0.462. The van der Waals surface area contributed by atoms with Gasteiger partial charge in [-0.1, -0.05) is 30.3 Å². The number of nitrogens with two attached hydrogens (primary N) is 2. The Bertz CT molecular complexity index is 277. The van der Waals surface area contributed by atoms with Gasteiger partial charge in [0, 0.05) is 0 Å². The van der Waals surface area contributed by atoms with Gasteiger partial charge in [-0.2, -0.15) is 0 Å². The summed E-state index contributed by atoms with van der Waals surface area (Å²) in [5.74, 6) is -2.42. The Morgan fingerprint density at radius 2 is 1.54 bits per heavy atom. The van der Waals surface area contributed by atoms with Crippen LogP contribution in [-0.2, 0) is 5.54 Å². The lowest BCUT2D eigenvalue weighted by atomic mass is 9.89. The van der Waals surface area contributed by atoms with E-state index in [9.17, 15) is 10.2 Å². The monoisotopic (exact) mass is 182 g/mol. The number of hydrogen-bond acceptors (Lipinski definition) is 4. The van der Waals surface area contributed by atoms with Gasteiger partial charge in [-0.25, -0.2) is 0 Å². The van der Waals surface area contributed by atoms with Gasteiger partial charge in [0.1, 0.15) is 5.54 Å². The van der Waals surface area contributed by atoms with E-state index in [1.165, 1.54) is 6.92 Å². The minimum atomic E-state index is -2.42. The third kappa shape index (κ3) is 1.87. The lowest BCUT2D eigenvalue weighted by molar-refractivity contribution is -0.204. The average molecular weight is 182 g/mol. The van der Waals surface area contributed by atoms with Gasteiger partial charge in [0.05, 0.1) is 0 Å². The van der Waals surface area contributed by atoms with Crippen molar-refractivity contribution in [3.63, 3.8) is 0 Å². The Kier molecular flexibility index (Phi) is 2.40. The van der Waals surface area contributed by atoms with E-state index >= 15 is 0 Å². The normalized spacial score (nSPS) is 16.7. The summed E-state index contributed by atoms with van der Waals surface area (Å²) in [5, 5.41) is 18.4. The number of hydrogen-bond donors (Lipinski definition) is 4. The van der Waals surface area contributed by atoms with Crippen LogP contribution in [0.5, 0.6) is 0 Å². The van der Waals surface area contributed by atoms with Gasteiger partial charge >= 0.3 is 0 Å². The molecule has 0 heterocycles. The summed E-state index contributed by atoms with van der Waals surface area (Å²) in [7, 11) is 0. The molecule has 0 aliphatic rings. The van der Waals surface area contributed by atoms with Crippen LogP contribution in [-0.4, -0.2) is 16.1 Å². The summed E-state index contributed by atoms with van der Waals surface area (Å²) >= 11 is 0. The van der Waals surface area contributed by atoms with Crippen molar-refractivity contribution in [3.8, 4) is 0 Å². The molecule has 1 rings (SSSR count). The zero-order chi connectivity index (χ0) is 10.1. The van der Waals surface area contributed by atoms with Crippen LogP contribution >= 0.6 is 0 Å². The molecule has 0 bridgehead atoms. The standard InChI is InChI=1S/C9H14N2O2/c1-8(10,9(11,12)13)7-5-3-2-4-6-7/h2-6,12-13H,10-11H2,1H3. The highest BCUT2D eigenvalue weighted by molar-refractivity contribution is 5.25. The molecular formula is C9H14N2O2. The van der Waals surface area contributed by atoms with Gasteiger partial charge in [-0.3, -0.25) is 5.73 Å². The van der Waals surface area contributed by atoms with Crippen LogP contribution < -0.4 is 11.5 Å². The van der Waals surface area contributed by atoms with Crippen LogP contribution in [0.15, 0.2) is 30.3 Å². The molecular weight excluding hydrogens is 168 g/mol. The summed E-state index contributed by atoms with van der Waals surface area (Å²) in [6.45, 7) is 1.46. The van der Waals surface area contributed by atoms with E-state index in [0.29, 0.717) is 5.56 Å². The van der Waals surface area contributed by atoms with Crippen LogP contribution in [0.25, 0.3) is 0 Å². The molecule has 0 radical (unpaired) electrons. The van der Waals surface area contributed by atoms with Crippen molar-refractivity contribution in [1.82, 2.24) is 0 Å². The first-order chi connectivity index (χ1) is 5.86.